The number of ether oxygens (including phenoxy) is 1. The van der Waals surface area contributed by atoms with E-state index in [4.69, 9.17) is 4.74 Å². The van der Waals surface area contributed by atoms with Gasteiger partial charge in [-0.3, -0.25) is 4.79 Å². The zero-order valence-corrected chi connectivity index (χ0v) is 11.7. The molecule has 1 atom stereocenters. The molecule has 1 saturated heterocycles. The molecular formula is C15H19NO4. The van der Waals surface area contributed by atoms with Gasteiger partial charge in [0, 0.05) is 6.61 Å². The first-order chi connectivity index (χ1) is 9.50. The summed E-state index contributed by atoms with van der Waals surface area (Å²) < 4.78 is 5.32. The fourth-order valence-corrected chi connectivity index (χ4v) is 2.49. The van der Waals surface area contributed by atoms with Gasteiger partial charge in [0.05, 0.1) is 23.8 Å². The van der Waals surface area contributed by atoms with Crippen molar-refractivity contribution in [3.05, 3.63) is 34.4 Å². The van der Waals surface area contributed by atoms with Gasteiger partial charge in [0.2, 0.25) is 0 Å². The number of carboxylic acids is 1. The quantitative estimate of drug-likeness (QED) is 0.885. The number of carbonyl (C=O) groups excluding carboxylic acids is 1. The SMILES string of the molecule is Cc1ccc(C)c(C(=O)NC2CCCOC2)c1C(=O)O. The summed E-state index contributed by atoms with van der Waals surface area (Å²) in [5.41, 5.74) is 1.60. The molecular weight excluding hydrogens is 258 g/mol. The zero-order chi connectivity index (χ0) is 14.7. The Balaban J connectivity index is 2.28. The Kier molecular flexibility index (Phi) is 4.39. The van der Waals surface area contributed by atoms with E-state index in [9.17, 15) is 14.7 Å². The Morgan fingerprint density at radius 1 is 1.25 bits per heavy atom. The largest absolute Gasteiger partial charge is 0.478 e. The van der Waals surface area contributed by atoms with Crippen molar-refractivity contribution in [3.8, 4) is 0 Å². The summed E-state index contributed by atoms with van der Waals surface area (Å²) in [5.74, 6) is -1.41. The Morgan fingerprint density at radius 2 is 1.90 bits per heavy atom. The molecule has 2 N–H and O–H groups in total. The van der Waals surface area contributed by atoms with E-state index in [0.29, 0.717) is 17.7 Å². The van der Waals surface area contributed by atoms with E-state index >= 15 is 0 Å². The van der Waals surface area contributed by atoms with Gasteiger partial charge in [-0.05, 0) is 37.8 Å². The summed E-state index contributed by atoms with van der Waals surface area (Å²) >= 11 is 0. The highest BCUT2D eigenvalue weighted by Crippen LogP contribution is 2.19. The molecule has 0 spiro atoms. The van der Waals surface area contributed by atoms with Crippen molar-refractivity contribution in [2.75, 3.05) is 13.2 Å². The minimum atomic E-state index is -1.07. The highest BCUT2D eigenvalue weighted by Gasteiger charge is 2.24. The normalized spacial score (nSPS) is 18.6. The lowest BCUT2D eigenvalue weighted by Crippen LogP contribution is -2.41. The predicted octanol–water partition coefficient (Wildman–Crippen LogP) is 1.91. The molecule has 1 aromatic rings. The van der Waals surface area contributed by atoms with Crippen molar-refractivity contribution in [1.82, 2.24) is 5.32 Å². The highest BCUT2D eigenvalue weighted by molar-refractivity contribution is 6.06. The third-order valence-electron chi connectivity index (χ3n) is 3.56. The van der Waals surface area contributed by atoms with Crippen molar-refractivity contribution in [2.24, 2.45) is 0 Å². The summed E-state index contributed by atoms with van der Waals surface area (Å²) in [6.45, 7) is 4.65. The molecule has 1 fully saturated rings. The molecule has 1 aliphatic heterocycles. The monoisotopic (exact) mass is 277 g/mol. The van der Waals surface area contributed by atoms with Crippen LogP contribution >= 0.6 is 0 Å². The van der Waals surface area contributed by atoms with Gasteiger partial charge in [0.25, 0.3) is 5.91 Å². The molecule has 0 aromatic heterocycles. The second kappa shape index (κ2) is 6.05. The maximum absolute atomic E-state index is 12.4. The van der Waals surface area contributed by atoms with Gasteiger partial charge in [-0.25, -0.2) is 4.79 Å². The van der Waals surface area contributed by atoms with Crippen LogP contribution in [0.5, 0.6) is 0 Å². The molecule has 0 bridgehead atoms. The molecule has 0 aliphatic carbocycles. The van der Waals surface area contributed by atoms with Crippen LogP contribution in [0.3, 0.4) is 0 Å². The Labute approximate surface area is 117 Å². The number of benzene rings is 1. The highest BCUT2D eigenvalue weighted by atomic mass is 16.5. The summed E-state index contributed by atoms with van der Waals surface area (Å²) in [4.78, 5) is 23.8. The van der Waals surface area contributed by atoms with E-state index in [1.54, 1.807) is 26.0 Å². The number of hydrogen-bond acceptors (Lipinski definition) is 3. The lowest BCUT2D eigenvalue weighted by molar-refractivity contribution is 0.0616. The number of hydrogen-bond donors (Lipinski definition) is 2. The van der Waals surface area contributed by atoms with Gasteiger partial charge in [0.1, 0.15) is 0 Å². The summed E-state index contributed by atoms with van der Waals surface area (Å²) in [7, 11) is 0. The molecule has 0 radical (unpaired) electrons. The molecule has 0 saturated carbocycles. The Hall–Kier alpha value is -1.88. The van der Waals surface area contributed by atoms with Crippen LogP contribution in [0.25, 0.3) is 0 Å². The Bertz CT molecular complexity index is 533. The average Bonchev–Trinajstić information content (AvgIpc) is 2.41. The molecule has 5 nitrogen and oxygen atoms in total. The second-order valence-electron chi connectivity index (χ2n) is 5.14. The predicted molar refractivity (Wildman–Crippen MR) is 74.2 cm³/mol. The van der Waals surface area contributed by atoms with E-state index in [2.05, 4.69) is 5.32 Å². The third kappa shape index (κ3) is 2.99. The van der Waals surface area contributed by atoms with Crippen LogP contribution < -0.4 is 5.32 Å². The number of amides is 1. The zero-order valence-electron chi connectivity index (χ0n) is 11.7. The Morgan fingerprint density at radius 3 is 2.45 bits per heavy atom. The van der Waals surface area contributed by atoms with Crippen LogP contribution in [0, 0.1) is 13.8 Å². The van der Waals surface area contributed by atoms with Crippen molar-refractivity contribution < 1.29 is 19.4 Å². The van der Waals surface area contributed by atoms with Crippen LogP contribution in [0.1, 0.15) is 44.7 Å². The first kappa shape index (κ1) is 14.5. The second-order valence-corrected chi connectivity index (χ2v) is 5.14. The number of carboxylic acid groups (broad SMARTS) is 1. The number of aromatic carboxylic acids is 1. The van der Waals surface area contributed by atoms with Crippen molar-refractivity contribution >= 4 is 11.9 Å². The van der Waals surface area contributed by atoms with E-state index < -0.39 is 5.97 Å². The molecule has 1 aliphatic rings. The average molecular weight is 277 g/mol. The van der Waals surface area contributed by atoms with Crippen molar-refractivity contribution in [1.29, 1.82) is 0 Å². The van der Waals surface area contributed by atoms with Gasteiger partial charge in [-0.2, -0.15) is 0 Å². The fraction of sp³-hybridized carbons (Fsp3) is 0.467. The maximum atomic E-state index is 12.4. The molecule has 108 valence electrons. The summed E-state index contributed by atoms with van der Waals surface area (Å²) in [6.07, 6.45) is 1.77. The standard InChI is InChI=1S/C15H19NO4/c1-9-5-6-10(2)13(15(18)19)12(9)14(17)16-11-4-3-7-20-8-11/h5-6,11H,3-4,7-8H2,1-2H3,(H,16,17)(H,18,19). The van der Waals surface area contributed by atoms with Crippen LogP contribution in [0.4, 0.5) is 0 Å². The molecule has 2 rings (SSSR count). The van der Waals surface area contributed by atoms with E-state index in [1.165, 1.54) is 0 Å². The van der Waals surface area contributed by atoms with Crippen molar-refractivity contribution in [2.45, 2.75) is 32.7 Å². The van der Waals surface area contributed by atoms with E-state index in [-0.39, 0.29) is 23.1 Å². The van der Waals surface area contributed by atoms with Crippen LogP contribution in [0.15, 0.2) is 12.1 Å². The van der Waals surface area contributed by atoms with Gasteiger partial charge in [-0.15, -0.1) is 0 Å². The number of carbonyl (C=O) groups is 2. The fourth-order valence-electron chi connectivity index (χ4n) is 2.49. The van der Waals surface area contributed by atoms with Gasteiger partial charge in [-0.1, -0.05) is 12.1 Å². The van der Waals surface area contributed by atoms with E-state index in [1.807, 2.05) is 0 Å². The molecule has 1 heterocycles. The topological polar surface area (TPSA) is 75.6 Å². The number of nitrogens with one attached hydrogen (secondary N) is 1. The smallest absolute Gasteiger partial charge is 0.336 e. The molecule has 1 amide bonds. The van der Waals surface area contributed by atoms with Gasteiger partial charge < -0.3 is 15.2 Å². The van der Waals surface area contributed by atoms with Crippen LogP contribution in [-0.2, 0) is 4.74 Å². The minimum Gasteiger partial charge on any atom is -0.478 e. The first-order valence-corrected chi connectivity index (χ1v) is 6.73. The van der Waals surface area contributed by atoms with Crippen molar-refractivity contribution in [3.63, 3.8) is 0 Å². The number of rotatable bonds is 3. The molecule has 20 heavy (non-hydrogen) atoms. The van der Waals surface area contributed by atoms with Crippen LogP contribution in [0.2, 0.25) is 0 Å². The van der Waals surface area contributed by atoms with Gasteiger partial charge >= 0.3 is 5.97 Å². The minimum absolute atomic E-state index is 0.0437. The summed E-state index contributed by atoms with van der Waals surface area (Å²) in [6, 6.07) is 3.45. The molecule has 5 heteroatoms. The van der Waals surface area contributed by atoms with Crippen LogP contribution in [-0.4, -0.2) is 36.2 Å². The third-order valence-corrected chi connectivity index (χ3v) is 3.56. The lowest BCUT2D eigenvalue weighted by atomic mass is 9.96. The maximum Gasteiger partial charge on any atom is 0.336 e. The lowest BCUT2D eigenvalue weighted by Gasteiger charge is -2.24. The molecule has 1 aromatic carbocycles. The van der Waals surface area contributed by atoms with E-state index in [0.717, 1.165) is 19.4 Å². The first-order valence-electron chi connectivity index (χ1n) is 6.73. The number of aryl methyl sites for hydroxylation is 2. The molecule has 1 unspecified atom stereocenters. The van der Waals surface area contributed by atoms with Gasteiger partial charge in [0.15, 0.2) is 0 Å². The summed E-state index contributed by atoms with van der Waals surface area (Å²) in [5, 5.41) is 12.2.